The quantitative estimate of drug-likeness (QED) is 0.625. The highest BCUT2D eigenvalue weighted by atomic mass is 16.6. The van der Waals surface area contributed by atoms with Gasteiger partial charge in [0.2, 0.25) is 0 Å². The van der Waals surface area contributed by atoms with Crippen molar-refractivity contribution >= 4 is 6.09 Å². The molecule has 0 aromatic carbocycles. The Morgan fingerprint density at radius 3 is 3.09 bits per heavy atom. The number of alkyl carbamates (subject to hydrolysis) is 1. The highest BCUT2D eigenvalue weighted by Gasteiger charge is 2.23. The number of aromatic amines is 1. The Bertz CT molecular complexity index is 255. The van der Waals surface area contributed by atoms with E-state index < -0.39 is 0 Å². The lowest BCUT2D eigenvalue weighted by atomic mass is 10.2. The fourth-order valence-electron chi connectivity index (χ4n) is 1.12. The third-order valence-electron chi connectivity index (χ3n) is 1.70. The maximum Gasteiger partial charge on any atom is 0.407 e. The van der Waals surface area contributed by atoms with Crippen LogP contribution in [0.3, 0.4) is 0 Å². The van der Waals surface area contributed by atoms with E-state index in [1.807, 2.05) is 18.5 Å². The molecule has 0 radical (unpaired) electrons. The maximum atomic E-state index is 10.6. The van der Waals surface area contributed by atoms with Crippen molar-refractivity contribution in [1.82, 2.24) is 10.3 Å². The lowest BCUT2D eigenvalue weighted by Gasteiger charge is -2.01. The second-order valence-corrected chi connectivity index (χ2v) is 2.44. The van der Waals surface area contributed by atoms with Gasteiger partial charge in [-0.15, -0.1) is 0 Å². The summed E-state index contributed by atoms with van der Waals surface area (Å²) in [7, 11) is 0. The second-order valence-electron chi connectivity index (χ2n) is 2.44. The van der Waals surface area contributed by atoms with E-state index in [2.05, 4.69) is 10.3 Å². The number of aromatic nitrogens is 1. The smallest absolute Gasteiger partial charge is 0.407 e. The zero-order valence-corrected chi connectivity index (χ0v) is 5.83. The van der Waals surface area contributed by atoms with Gasteiger partial charge in [0.05, 0.1) is 6.04 Å². The van der Waals surface area contributed by atoms with Crippen molar-refractivity contribution in [2.75, 3.05) is 6.61 Å². The average molecular weight is 152 g/mol. The summed E-state index contributed by atoms with van der Waals surface area (Å²) in [4.78, 5) is 13.5. The fraction of sp³-hybridized carbons (Fsp3) is 0.286. The van der Waals surface area contributed by atoms with E-state index >= 15 is 0 Å². The summed E-state index contributed by atoms with van der Waals surface area (Å²) in [6.45, 7) is 0.427. The molecule has 4 nitrogen and oxygen atoms in total. The summed E-state index contributed by atoms with van der Waals surface area (Å²) in [6.07, 6.45) is 3.33. The molecule has 0 aliphatic carbocycles. The second kappa shape index (κ2) is 2.30. The third kappa shape index (κ3) is 1.07. The number of hydrogen-bond acceptors (Lipinski definition) is 2. The molecule has 2 N–H and O–H groups in total. The summed E-state index contributed by atoms with van der Waals surface area (Å²) in [6, 6.07) is 1.94. The van der Waals surface area contributed by atoms with Crippen molar-refractivity contribution in [3.05, 3.63) is 24.0 Å². The van der Waals surface area contributed by atoms with Crippen LogP contribution in [0.2, 0.25) is 0 Å². The van der Waals surface area contributed by atoms with Gasteiger partial charge in [0.25, 0.3) is 0 Å². The van der Waals surface area contributed by atoms with Gasteiger partial charge in [0, 0.05) is 12.4 Å². The van der Waals surface area contributed by atoms with E-state index in [0.717, 1.165) is 5.56 Å². The van der Waals surface area contributed by atoms with Gasteiger partial charge in [0.15, 0.2) is 0 Å². The Morgan fingerprint density at radius 1 is 1.64 bits per heavy atom. The van der Waals surface area contributed by atoms with Crippen LogP contribution in [0.4, 0.5) is 4.79 Å². The molecule has 1 fully saturated rings. The van der Waals surface area contributed by atoms with E-state index in [4.69, 9.17) is 4.74 Å². The number of rotatable bonds is 1. The summed E-state index contributed by atoms with van der Waals surface area (Å²) < 4.78 is 4.73. The van der Waals surface area contributed by atoms with Crippen LogP contribution in [0.1, 0.15) is 11.6 Å². The van der Waals surface area contributed by atoms with Crippen molar-refractivity contribution < 1.29 is 9.53 Å². The minimum Gasteiger partial charge on any atom is -0.447 e. The van der Waals surface area contributed by atoms with Gasteiger partial charge >= 0.3 is 6.09 Å². The van der Waals surface area contributed by atoms with Gasteiger partial charge in [-0.05, 0) is 11.6 Å². The van der Waals surface area contributed by atoms with Crippen molar-refractivity contribution in [3.8, 4) is 0 Å². The topological polar surface area (TPSA) is 54.1 Å². The van der Waals surface area contributed by atoms with Crippen LogP contribution in [0.15, 0.2) is 18.5 Å². The minimum atomic E-state index is -0.337. The van der Waals surface area contributed by atoms with Crippen LogP contribution < -0.4 is 5.32 Å². The van der Waals surface area contributed by atoms with Crippen molar-refractivity contribution in [2.45, 2.75) is 6.04 Å². The van der Waals surface area contributed by atoms with Crippen LogP contribution >= 0.6 is 0 Å². The van der Waals surface area contributed by atoms with Crippen LogP contribution in [0.25, 0.3) is 0 Å². The molecule has 2 heterocycles. The molecule has 1 unspecified atom stereocenters. The van der Waals surface area contributed by atoms with E-state index in [0.29, 0.717) is 6.61 Å². The first-order valence-corrected chi connectivity index (χ1v) is 3.42. The predicted molar refractivity (Wildman–Crippen MR) is 38.0 cm³/mol. The first-order chi connectivity index (χ1) is 5.36. The zero-order valence-electron chi connectivity index (χ0n) is 5.83. The fourth-order valence-corrected chi connectivity index (χ4v) is 1.12. The number of carbonyl (C=O) groups is 1. The molecule has 0 saturated carbocycles. The largest absolute Gasteiger partial charge is 0.447 e. The molecule has 1 aliphatic rings. The Hall–Kier alpha value is -1.45. The first kappa shape index (κ1) is 6.27. The lowest BCUT2D eigenvalue weighted by Crippen LogP contribution is -2.17. The molecule has 4 heteroatoms. The number of amides is 1. The molecule has 0 bridgehead atoms. The van der Waals surface area contributed by atoms with Crippen molar-refractivity contribution in [2.24, 2.45) is 0 Å². The Kier molecular flexibility index (Phi) is 1.31. The molecule has 1 saturated heterocycles. The zero-order chi connectivity index (χ0) is 7.68. The van der Waals surface area contributed by atoms with Gasteiger partial charge in [0.1, 0.15) is 6.61 Å². The molecule has 1 amide bonds. The normalized spacial score (nSPS) is 22.9. The van der Waals surface area contributed by atoms with E-state index in [-0.39, 0.29) is 12.1 Å². The first-order valence-electron chi connectivity index (χ1n) is 3.42. The van der Waals surface area contributed by atoms with E-state index in [9.17, 15) is 4.79 Å². The molecule has 1 aromatic rings. The predicted octanol–water partition coefficient (Wildman–Crippen LogP) is 0.796. The lowest BCUT2D eigenvalue weighted by molar-refractivity contribution is 0.177. The van der Waals surface area contributed by atoms with Crippen LogP contribution in [-0.4, -0.2) is 17.7 Å². The number of cyclic esters (lactones) is 1. The molecular weight excluding hydrogens is 144 g/mol. The number of hydrogen-bond donors (Lipinski definition) is 2. The summed E-state index contributed by atoms with van der Waals surface area (Å²) >= 11 is 0. The Balaban J connectivity index is 2.13. The van der Waals surface area contributed by atoms with Gasteiger partial charge in [-0.3, -0.25) is 0 Å². The van der Waals surface area contributed by atoms with Gasteiger partial charge in [-0.2, -0.15) is 0 Å². The molecule has 58 valence electrons. The summed E-state index contributed by atoms with van der Waals surface area (Å²) in [5.74, 6) is 0. The van der Waals surface area contributed by atoms with Gasteiger partial charge < -0.3 is 15.0 Å². The number of H-pyrrole nitrogens is 1. The SMILES string of the molecule is O=C1NC(c2cc[nH]c2)CO1. The Morgan fingerprint density at radius 2 is 2.55 bits per heavy atom. The minimum absolute atomic E-state index is 0.0220. The van der Waals surface area contributed by atoms with E-state index in [1.54, 1.807) is 0 Å². The standard InChI is InChI=1S/C7H8N2O2/c10-7-9-6(4-11-7)5-1-2-8-3-5/h1-3,6,8H,4H2,(H,9,10). The monoisotopic (exact) mass is 152 g/mol. The number of nitrogens with one attached hydrogen (secondary N) is 2. The van der Waals surface area contributed by atoms with E-state index in [1.165, 1.54) is 0 Å². The highest BCUT2D eigenvalue weighted by Crippen LogP contribution is 2.16. The molecule has 11 heavy (non-hydrogen) atoms. The Labute approximate surface area is 63.6 Å². The van der Waals surface area contributed by atoms with Crippen molar-refractivity contribution in [3.63, 3.8) is 0 Å². The molecule has 1 aromatic heterocycles. The third-order valence-corrected chi connectivity index (χ3v) is 1.70. The molecular formula is C7H8N2O2. The maximum absolute atomic E-state index is 10.6. The van der Waals surface area contributed by atoms with Crippen LogP contribution in [-0.2, 0) is 4.74 Å². The summed E-state index contributed by atoms with van der Waals surface area (Å²) in [5.41, 5.74) is 1.05. The number of ether oxygens (including phenoxy) is 1. The van der Waals surface area contributed by atoms with Crippen LogP contribution in [0.5, 0.6) is 0 Å². The van der Waals surface area contributed by atoms with Crippen LogP contribution in [0, 0.1) is 0 Å². The van der Waals surface area contributed by atoms with Gasteiger partial charge in [-0.1, -0.05) is 0 Å². The number of carbonyl (C=O) groups excluding carboxylic acids is 1. The summed E-state index contributed by atoms with van der Waals surface area (Å²) in [5, 5.41) is 2.68. The highest BCUT2D eigenvalue weighted by molar-refractivity contribution is 5.70. The van der Waals surface area contributed by atoms with Crippen molar-refractivity contribution in [1.29, 1.82) is 0 Å². The molecule has 0 spiro atoms. The average Bonchev–Trinajstić information content (AvgIpc) is 2.55. The molecule has 2 rings (SSSR count). The molecule has 1 aliphatic heterocycles. The molecule has 1 atom stereocenters. The van der Waals surface area contributed by atoms with Gasteiger partial charge in [-0.25, -0.2) is 4.79 Å².